The maximum atomic E-state index is 12.2. The van der Waals surface area contributed by atoms with E-state index in [1.165, 1.54) is 19.2 Å². The number of nitrogens with one attached hydrogen (secondary N) is 2. The zero-order valence-electron chi connectivity index (χ0n) is 14.6. The van der Waals surface area contributed by atoms with E-state index in [2.05, 4.69) is 10.6 Å². The monoisotopic (exact) mass is 343 g/mol. The molecule has 0 unspecified atom stereocenters. The molecule has 2 amide bonds. The maximum absolute atomic E-state index is 12.2. The van der Waals surface area contributed by atoms with Crippen LogP contribution in [0.1, 0.15) is 29.7 Å². The van der Waals surface area contributed by atoms with Crippen molar-refractivity contribution in [2.24, 2.45) is 0 Å². The summed E-state index contributed by atoms with van der Waals surface area (Å²) in [6, 6.07) is 9.52. The Morgan fingerprint density at radius 2 is 1.92 bits per heavy atom. The molecule has 2 aromatic carbocycles. The average Bonchev–Trinajstić information content (AvgIpc) is 2.56. The summed E-state index contributed by atoms with van der Waals surface area (Å²) in [5.41, 5.74) is 3.04. The molecular formula is C18H21N3O4. The molecule has 132 valence electrons. The summed E-state index contributed by atoms with van der Waals surface area (Å²) < 4.78 is 4.98. The predicted molar refractivity (Wildman–Crippen MR) is 96.1 cm³/mol. The van der Waals surface area contributed by atoms with Crippen LogP contribution in [0.3, 0.4) is 0 Å². The highest BCUT2D eigenvalue weighted by Gasteiger charge is 2.18. The molecule has 0 aliphatic rings. The van der Waals surface area contributed by atoms with E-state index in [1.54, 1.807) is 6.07 Å². The lowest BCUT2D eigenvalue weighted by molar-refractivity contribution is -0.384. The molecule has 0 saturated carbocycles. The first-order chi connectivity index (χ1) is 11.8. The van der Waals surface area contributed by atoms with Crippen LogP contribution in [0.4, 0.5) is 16.2 Å². The first-order valence-corrected chi connectivity index (χ1v) is 7.79. The van der Waals surface area contributed by atoms with Crippen LogP contribution >= 0.6 is 0 Å². The van der Waals surface area contributed by atoms with Gasteiger partial charge in [0.25, 0.3) is 5.69 Å². The van der Waals surface area contributed by atoms with Crippen molar-refractivity contribution in [2.45, 2.75) is 26.8 Å². The molecular weight excluding hydrogens is 322 g/mol. The van der Waals surface area contributed by atoms with Gasteiger partial charge in [0.05, 0.1) is 24.1 Å². The SMILES string of the molecule is COc1ccc(NC(=O)N[C@H](C)c2cc(C)ccc2C)c([N+](=O)[O-])c1. The molecule has 0 saturated heterocycles. The van der Waals surface area contributed by atoms with E-state index in [-0.39, 0.29) is 17.4 Å². The Morgan fingerprint density at radius 3 is 2.56 bits per heavy atom. The third kappa shape index (κ3) is 4.47. The number of ether oxygens (including phenoxy) is 1. The van der Waals surface area contributed by atoms with Gasteiger partial charge in [-0.05, 0) is 44.0 Å². The van der Waals surface area contributed by atoms with Crippen molar-refractivity contribution in [3.8, 4) is 5.75 Å². The number of amides is 2. The molecule has 0 aliphatic carbocycles. The van der Waals surface area contributed by atoms with Gasteiger partial charge >= 0.3 is 6.03 Å². The fourth-order valence-electron chi connectivity index (χ4n) is 2.55. The number of hydrogen-bond donors (Lipinski definition) is 2. The van der Waals surface area contributed by atoms with E-state index >= 15 is 0 Å². The van der Waals surface area contributed by atoms with Gasteiger partial charge in [-0.25, -0.2) is 4.79 Å². The van der Waals surface area contributed by atoms with Crippen molar-refractivity contribution in [3.05, 3.63) is 63.2 Å². The predicted octanol–water partition coefficient (Wildman–Crippen LogP) is 4.10. The first kappa shape index (κ1) is 18.3. The minimum atomic E-state index is -0.563. The van der Waals surface area contributed by atoms with Crippen LogP contribution in [-0.4, -0.2) is 18.1 Å². The van der Waals surface area contributed by atoms with Crippen LogP contribution in [0.15, 0.2) is 36.4 Å². The molecule has 7 heteroatoms. The molecule has 0 radical (unpaired) electrons. The van der Waals surface area contributed by atoms with Crippen LogP contribution in [0.2, 0.25) is 0 Å². The molecule has 0 spiro atoms. The number of carbonyl (C=O) groups excluding carboxylic acids is 1. The number of carbonyl (C=O) groups is 1. The Balaban J connectivity index is 2.15. The summed E-state index contributed by atoms with van der Waals surface area (Å²) in [6.45, 7) is 5.82. The number of urea groups is 1. The summed E-state index contributed by atoms with van der Waals surface area (Å²) in [5.74, 6) is 0.349. The van der Waals surface area contributed by atoms with Crippen LogP contribution in [0, 0.1) is 24.0 Å². The van der Waals surface area contributed by atoms with Crippen LogP contribution < -0.4 is 15.4 Å². The molecule has 2 rings (SSSR count). The van der Waals surface area contributed by atoms with Crippen molar-refractivity contribution < 1.29 is 14.5 Å². The van der Waals surface area contributed by atoms with Gasteiger partial charge in [0.2, 0.25) is 0 Å². The maximum Gasteiger partial charge on any atom is 0.319 e. The zero-order valence-corrected chi connectivity index (χ0v) is 14.6. The number of benzene rings is 2. The normalized spacial score (nSPS) is 11.5. The molecule has 2 N–H and O–H groups in total. The Morgan fingerprint density at radius 1 is 1.20 bits per heavy atom. The summed E-state index contributed by atoms with van der Waals surface area (Å²) in [6.07, 6.45) is 0. The van der Waals surface area contributed by atoms with Crippen LogP contribution in [0.5, 0.6) is 5.75 Å². The van der Waals surface area contributed by atoms with E-state index in [4.69, 9.17) is 4.74 Å². The molecule has 0 aromatic heterocycles. The number of hydrogen-bond acceptors (Lipinski definition) is 4. The minimum Gasteiger partial charge on any atom is -0.496 e. The van der Waals surface area contributed by atoms with Gasteiger partial charge in [-0.2, -0.15) is 0 Å². The standard InChI is InChI=1S/C18H21N3O4/c1-11-5-6-12(2)15(9-11)13(3)19-18(22)20-16-8-7-14(25-4)10-17(16)21(23)24/h5-10,13H,1-4H3,(H2,19,20,22)/t13-/m1/s1. The lowest BCUT2D eigenvalue weighted by atomic mass is 10.0. The van der Waals surface area contributed by atoms with E-state index in [1.807, 2.05) is 39.0 Å². The number of methoxy groups -OCH3 is 1. The molecule has 2 aromatic rings. The van der Waals surface area contributed by atoms with Gasteiger partial charge in [-0.15, -0.1) is 0 Å². The van der Waals surface area contributed by atoms with Crippen molar-refractivity contribution in [1.29, 1.82) is 0 Å². The van der Waals surface area contributed by atoms with Crippen LogP contribution in [-0.2, 0) is 0 Å². The van der Waals surface area contributed by atoms with E-state index in [0.717, 1.165) is 16.7 Å². The number of aryl methyl sites for hydroxylation is 2. The van der Waals surface area contributed by atoms with E-state index < -0.39 is 11.0 Å². The van der Waals surface area contributed by atoms with Crippen molar-refractivity contribution in [1.82, 2.24) is 5.32 Å². The Bertz CT molecular complexity index is 805. The Labute approximate surface area is 146 Å². The lowest BCUT2D eigenvalue weighted by Crippen LogP contribution is -2.31. The molecule has 0 fully saturated rings. The highest BCUT2D eigenvalue weighted by atomic mass is 16.6. The lowest BCUT2D eigenvalue weighted by Gasteiger charge is -2.18. The third-order valence-electron chi connectivity index (χ3n) is 3.90. The second-order valence-electron chi connectivity index (χ2n) is 5.82. The summed E-state index contributed by atoms with van der Waals surface area (Å²) >= 11 is 0. The van der Waals surface area contributed by atoms with E-state index in [9.17, 15) is 14.9 Å². The van der Waals surface area contributed by atoms with Gasteiger partial charge in [0, 0.05) is 0 Å². The van der Waals surface area contributed by atoms with Crippen molar-refractivity contribution in [3.63, 3.8) is 0 Å². The minimum absolute atomic E-state index is 0.108. The molecule has 0 bridgehead atoms. The topological polar surface area (TPSA) is 93.5 Å². The van der Waals surface area contributed by atoms with Crippen molar-refractivity contribution >= 4 is 17.4 Å². The number of anilines is 1. The van der Waals surface area contributed by atoms with Crippen molar-refractivity contribution in [2.75, 3.05) is 12.4 Å². The number of nitro groups is 1. The van der Waals surface area contributed by atoms with Gasteiger partial charge < -0.3 is 15.4 Å². The summed E-state index contributed by atoms with van der Waals surface area (Å²) in [4.78, 5) is 22.9. The fraction of sp³-hybridized carbons (Fsp3) is 0.278. The second-order valence-corrected chi connectivity index (χ2v) is 5.82. The van der Waals surface area contributed by atoms with E-state index in [0.29, 0.717) is 5.75 Å². The molecule has 25 heavy (non-hydrogen) atoms. The second kappa shape index (κ2) is 7.65. The summed E-state index contributed by atoms with van der Waals surface area (Å²) in [7, 11) is 1.42. The fourth-order valence-corrected chi connectivity index (χ4v) is 2.55. The van der Waals surface area contributed by atoms with Crippen LogP contribution in [0.25, 0.3) is 0 Å². The Kier molecular flexibility index (Phi) is 5.59. The van der Waals surface area contributed by atoms with Gasteiger partial charge in [0.15, 0.2) is 0 Å². The highest BCUT2D eigenvalue weighted by Crippen LogP contribution is 2.29. The molecule has 0 heterocycles. The number of nitrogens with zero attached hydrogens (tertiary/aromatic N) is 1. The largest absolute Gasteiger partial charge is 0.496 e. The average molecular weight is 343 g/mol. The van der Waals surface area contributed by atoms with Gasteiger partial charge in [0.1, 0.15) is 11.4 Å². The van der Waals surface area contributed by atoms with Gasteiger partial charge in [-0.3, -0.25) is 10.1 Å². The van der Waals surface area contributed by atoms with Gasteiger partial charge in [-0.1, -0.05) is 23.8 Å². The quantitative estimate of drug-likeness (QED) is 0.631. The molecule has 1 atom stereocenters. The Hall–Kier alpha value is -3.09. The molecule has 7 nitrogen and oxygen atoms in total. The third-order valence-corrected chi connectivity index (χ3v) is 3.90. The summed E-state index contributed by atoms with van der Waals surface area (Å²) in [5, 5.41) is 16.5. The number of rotatable bonds is 5. The highest BCUT2D eigenvalue weighted by molar-refractivity contribution is 5.92. The zero-order chi connectivity index (χ0) is 18.6. The smallest absolute Gasteiger partial charge is 0.319 e. The number of nitro benzene ring substituents is 1. The first-order valence-electron chi connectivity index (χ1n) is 7.79. The molecule has 0 aliphatic heterocycles.